The Morgan fingerprint density at radius 2 is 1.62 bits per heavy atom. The summed E-state index contributed by atoms with van der Waals surface area (Å²) >= 11 is 0. The third kappa shape index (κ3) is 2.60. The Morgan fingerprint density at radius 3 is 2.50 bits per heavy atom. The lowest BCUT2D eigenvalue weighted by Gasteiger charge is -2.17. The number of hydrogen-bond donors (Lipinski definition) is 1. The van der Waals surface area contributed by atoms with Crippen LogP contribution in [-0.2, 0) is 0 Å². The lowest BCUT2D eigenvalue weighted by atomic mass is 10.00. The average molecular weight is 315 g/mol. The zero-order valence-corrected chi connectivity index (χ0v) is 13.3. The molecular formula is C19H17N5. The first-order chi connectivity index (χ1) is 11.8. The minimum Gasteiger partial charge on any atom is -0.346 e. The van der Waals surface area contributed by atoms with E-state index in [1.54, 1.807) is 4.68 Å². The smallest absolute Gasteiger partial charge is 0.248 e. The topological polar surface area (TPSA) is 55.6 Å². The zero-order chi connectivity index (χ0) is 16.4. The fraction of sp³-hybridized carbons (Fsp3) is 0.105. The van der Waals surface area contributed by atoms with Crippen molar-refractivity contribution in [2.45, 2.75) is 13.0 Å². The highest BCUT2D eigenvalue weighted by molar-refractivity contribution is 5.86. The Morgan fingerprint density at radius 1 is 0.875 bits per heavy atom. The number of benzene rings is 3. The second-order valence-electron chi connectivity index (χ2n) is 5.68. The van der Waals surface area contributed by atoms with E-state index >= 15 is 0 Å². The van der Waals surface area contributed by atoms with Crippen LogP contribution in [-0.4, -0.2) is 20.2 Å². The van der Waals surface area contributed by atoms with Gasteiger partial charge in [0.2, 0.25) is 5.95 Å². The Labute approximate surface area is 139 Å². The molecule has 1 heterocycles. The van der Waals surface area contributed by atoms with Gasteiger partial charge in [-0.15, -0.1) is 0 Å². The number of aromatic nitrogens is 4. The normalized spacial score (nSPS) is 12.2. The van der Waals surface area contributed by atoms with Crippen LogP contribution in [0.1, 0.15) is 18.5 Å². The predicted molar refractivity (Wildman–Crippen MR) is 95.1 cm³/mol. The van der Waals surface area contributed by atoms with Crippen LogP contribution < -0.4 is 5.32 Å². The molecule has 4 rings (SSSR count). The molecular weight excluding hydrogens is 298 g/mol. The van der Waals surface area contributed by atoms with Gasteiger partial charge in [-0.2, -0.15) is 4.68 Å². The van der Waals surface area contributed by atoms with Crippen LogP contribution >= 0.6 is 0 Å². The molecule has 0 saturated heterocycles. The van der Waals surface area contributed by atoms with Gasteiger partial charge in [-0.1, -0.05) is 65.8 Å². The SMILES string of the molecule is CC(Nc1nnnn1-c1ccccc1)c1cccc2ccccc12. The van der Waals surface area contributed by atoms with E-state index in [0.717, 1.165) is 5.69 Å². The van der Waals surface area contributed by atoms with Gasteiger partial charge in [0.25, 0.3) is 0 Å². The molecule has 4 aromatic rings. The number of nitrogens with zero attached hydrogens (tertiary/aromatic N) is 4. The van der Waals surface area contributed by atoms with Crippen molar-refractivity contribution in [1.82, 2.24) is 20.2 Å². The molecule has 24 heavy (non-hydrogen) atoms. The maximum Gasteiger partial charge on any atom is 0.248 e. The van der Waals surface area contributed by atoms with Crippen molar-refractivity contribution in [3.8, 4) is 5.69 Å². The molecule has 0 saturated carbocycles. The van der Waals surface area contributed by atoms with E-state index in [1.807, 2.05) is 30.3 Å². The molecule has 118 valence electrons. The van der Waals surface area contributed by atoms with Crippen LogP contribution in [0.4, 0.5) is 5.95 Å². The molecule has 0 aliphatic heterocycles. The molecule has 0 bridgehead atoms. The Bertz CT molecular complexity index is 956. The van der Waals surface area contributed by atoms with Crippen LogP contribution in [0.2, 0.25) is 0 Å². The minimum absolute atomic E-state index is 0.0737. The summed E-state index contributed by atoms with van der Waals surface area (Å²) in [5.41, 5.74) is 2.14. The summed E-state index contributed by atoms with van der Waals surface area (Å²) in [6.45, 7) is 2.12. The summed E-state index contributed by atoms with van der Waals surface area (Å²) < 4.78 is 1.71. The number of tetrazole rings is 1. The molecule has 1 atom stereocenters. The molecule has 5 heteroatoms. The van der Waals surface area contributed by atoms with Crippen LogP contribution in [0.3, 0.4) is 0 Å². The largest absolute Gasteiger partial charge is 0.346 e. The molecule has 0 fully saturated rings. The third-order valence-electron chi connectivity index (χ3n) is 4.11. The van der Waals surface area contributed by atoms with Crippen molar-refractivity contribution in [2.75, 3.05) is 5.32 Å². The van der Waals surface area contributed by atoms with Crippen LogP contribution in [0.5, 0.6) is 0 Å². The molecule has 0 spiro atoms. The first-order valence-electron chi connectivity index (χ1n) is 7.91. The first-order valence-corrected chi connectivity index (χ1v) is 7.91. The summed E-state index contributed by atoms with van der Waals surface area (Å²) in [6, 6.07) is 24.7. The van der Waals surface area contributed by atoms with Crippen molar-refractivity contribution in [1.29, 1.82) is 0 Å². The number of hydrogen-bond acceptors (Lipinski definition) is 4. The summed E-state index contributed by atoms with van der Waals surface area (Å²) in [7, 11) is 0. The quantitative estimate of drug-likeness (QED) is 0.619. The summed E-state index contributed by atoms with van der Waals surface area (Å²) in [4.78, 5) is 0. The summed E-state index contributed by atoms with van der Waals surface area (Å²) in [5, 5.41) is 17.9. The van der Waals surface area contributed by atoms with Crippen LogP contribution in [0.15, 0.2) is 72.8 Å². The van der Waals surface area contributed by atoms with E-state index in [-0.39, 0.29) is 6.04 Å². The molecule has 1 aromatic heterocycles. The van der Waals surface area contributed by atoms with E-state index in [2.05, 4.69) is 70.2 Å². The van der Waals surface area contributed by atoms with E-state index in [1.165, 1.54) is 16.3 Å². The molecule has 5 nitrogen and oxygen atoms in total. The lowest BCUT2D eigenvalue weighted by molar-refractivity contribution is 0.781. The zero-order valence-electron chi connectivity index (χ0n) is 13.3. The van der Waals surface area contributed by atoms with Gasteiger partial charge in [0, 0.05) is 0 Å². The van der Waals surface area contributed by atoms with Gasteiger partial charge in [0.15, 0.2) is 0 Å². The highest BCUT2D eigenvalue weighted by Gasteiger charge is 2.14. The second-order valence-corrected chi connectivity index (χ2v) is 5.68. The highest BCUT2D eigenvalue weighted by Crippen LogP contribution is 2.26. The maximum absolute atomic E-state index is 4.13. The third-order valence-corrected chi connectivity index (χ3v) is 4.11. The molecule has 0 aliphatic rings. The van der Waals surface area contributed by atoms with Gasteiger partial charge in [-0.05, 0) is 45.8 Å². The highest BCUT2D eigenvalue weighted by atomic mass is 15.6. The van der Waals surface area contributed by atoms with Crippen molar-refractivity contribution >= 4 is 16.7 Å². The van der Waals surface area contributed by atoms with E-state index in [0.29, 0.717) is 5.95 Å². The fourth-order valence-corrected chi connectivity index (χ4v) is 2.92. The molecule has 0 radical (unpaired) electrons. The van der Waals surface area contributed by atoms with Gasteiger partial charge >= 0.3 is 0 Å². The number of nitrogens with one attached hydrogen (secondary N) is 1. The van der Waals surface area contributed by atoms with E-state index in [9.17, 15) is 0 Å². The number of rotatable bonds is 4. The fourth-order valence-electron chi connectivity index (χ4n) is 2.92. The Balaban J connectivity index is 1.68. The Kier molecular flexibility index (Phi) is 3.67. The Hall–Kier alpha value is -3.21. The lowest BCUT2D eigenvalue weighted by Crippen LogP contribution is -2.12. The maximum atomic E-state index is 4.13. The van der Waals surface area contributed by atoms with E-state index in [4.69, 9.17) is 0 Å². The standard InChI is InChI=1S/C19H17N5/c1-14(17-13-7-9-15-8-5-6-12-18(15)17)20-19-21-22-23-24(19)16-10-3-2-4-11-16/h2-14H,1H3,(H,20,21,23). The molecule has 0 aliphatic carbocycles. The molecule has 0 amide bonds. The summed E-state index contributed by atoms with van der Waals surface area (Å²) in [5.74, 6) is 0.627. The number of fused-ring (bicyclic) bond motifs is 1. The van der Waals surface area contributed by atoms with Gasteiger partial charge in [-0.3, -0.25) is 0 Å². The molecule has 3 aromatic carbocycles. The van der Waals surface area contributed by atoms with Gasteiger partial charge in [0.1, 0.15) is 0 Å². The van der Waals surface area contributed by atoms with Gasteiger partial charge in [-0.25, -0.2) is 0 Å². The molecule has 1 N–H and O–H groups in total. The van der Waals surface area contributed by atoms with Crippen LogP contribution in [0, 0.1) is 0 Å². The predicted octanol–water partition coefficient (Wildman–Crippen LogP) is 3.99. The van der Waals surface area contributed by atoms with Crippen molar-refractivity contribution in [2.24, 2.45) is 0 Å². The number of para-hydroxylation sites is 1. The molecule has 1 unspecified atom stereocenters. The van der Waals surface area contributed by atoms with Crippen LogP contribution in [0.25, 0.3) is 16.5 Å². The van der Waals surface area contributed by atoms with Crippen molar-refractivity contribution < 1.29 is 0 Å². The second kappa shape index (κ2) is 6.12. The first kappa shape index (κ1) is 14.4. The van der Waals surface area contributed by atoms with Crippen molar-refractivity contribution in [3.63, 3.8) is 0 Å². The average Bonchev–Trinajstić information content (AvgIpc) is 3.10. The number of anilines is 1. The van der Waals surface area contributed by atoms with Gasteiger partial charge in [0.05, 0.1) is 11.7 Å². The minimum atomic E-state index is 0.0737. The van der Waals surface area contributed by atoms with Gasteiger partial charge < -0.3 is 5.32 Å². The van der Waals surface area contributed by atoms with E-state index < -0.39 is 0 Å². The monoisotopic (exact) mass is 315 g/mol. The summed E-state index contributed by atoms with van der Waals surface area (Å²) in [6.07, 6.45) is 0. The van der Waals surface area contributed by atoms with Crippen molar-refractivity contribution in [3.05, 3.63) is 78.4 Å².